The summed E-state index contributed by atoms with van der Waals surface area (Å²) < 4.78 is 0. The van der Waals surface area contributed by atoms with Crippen LogP contribution in [0.15, 0.2) is 12.5 Å². The normalized spacial score (nSPS) is 19.7. The van der Waals surface area contributed by atoms with Crippen LogP contribution in [0.1, 0.15) is 39.3 Å². The summed E-state index contributed by atoms with van der Waals surface area (Å²) in [4.78, 5) is 9.72. The Balaban J connectivity index is 1.72. The molecule has 0 atom stereocenters. The lowest BCUT2D eigenvalue weighted by Crippen LogP contribution is -2.49. The molecule has 4 nitrogen and oxygen atoms in total. The number of aromatic nitrogens is 2. The summed E-state index contributed by atoms with van der Waals surface area (Å²) in [6, 6.07) is 0.650. The molecule has 1 aliphatic rings. The third kappa shape index (κ3) is 3.54. The summed E-state index contributed by atoms with van der Waals surface area (Å²) in [6.45, 7) is 10.2. The Labute approximate surface area is 104 Å². The summed E-state index contributed by atoms with van der Waals surface area (Å²) in [5, 5.41) is 3.60. The second kappa shape index (κ2) is 5.19. The van der Waals surface area contributed by atoms with Gasteiger partial charge in [0.25, 0.3) is 0 Å². The van der Waals surface area contributed by atoms with E-state index in [1.54, 1.807) is 6.33 Å². The van der Waals surface area contributed by atoms with Crippen molar-refractivity contribution in [2.45, 2.75) is 51.7 Å². The minimum atomic E-state index is 0.314. The van der Waals surface area contributed by atoms with Crippen molar-refractivity contribution in [2.24, 2.45) is 0 Å². The molecule has 17 heavy (non-hydrogen) atoms. The molecule has 1 fully saturated rings. The van der Waals surface area contributed by atoms with Gasteiger partial charge in [-0.1, -0.05) is 0 Å². The number of H-pyrrole nitrogens is 1. The van der Waals surface area contributed by atoms with E-state index in [9.17, 15) is 0 Å². The van der Waals surface area contributed by atoms with Gasteiger partial charge in [0.15, 0.2) is 0 Å². The Morgan fingerprint density at radius 2 is 2.12 bits per heavy atom. The molecule has 2 heterocycles. The third-order valence-corrected chi connectivity index (χ3v) is 3.58. The number of hydrogen-bond acceptors (Lipinski definition) is 3. The molecule has 0 bridgehead atoms. The number of hydrogen-bond donors (Lipinski definition) is 2. The highest BCUT2D eigenvalue weighted by Crippen LogP contribution is 2.20. The molecule has 0 aromatic carbocycles. The summed E-state index contributed by atoms with van der Waals surface area (Å²) in [6.07, 6.45) is 6.10. The first-order valence-electron chi connectivity index (χ1n) is 6.51. The Morgan fingerprint density at radius 1 is 1.41 bits per heavy atom. The Kier molecular flexibility index (Phi) is 3.84. The maximum absolute atomic E-state index is 4.03. The van der Waals surface area contributed by atoms with E-state index in [1.807, 2.05) is 6.20 Å². The molecule has 0 aliphatic carbocycles. The van der Waals surface area contributed by atoms with Crippen LogP contribution in [0.4, 0.5) is 0 Å². The molecule has 2 N–H and O–H groups in total. The highest BCUT2D eigenvalue weighted by atomic mass is 15.2. The van der Waals surface area contributed by atoms with Crippen LogP contribution in [0, 0.1) is 0 Å². The Hall–Kier alpha value is -0.870. The van der Waals surface area contributed by atoms with Gasteiger partial charge in [-0.05, 0) is 33.6 Å². The van der Waals surface area contributed by atoms with E-state index in [4.69, 9.17) is 0 Å². The average molecular weight is 236 g/mol. The van der Waals surface area contributed by atoms with Gasteiger partial charge in [0.2, 0.25) is 0 Å². The maximum atomic E-state index is 4.03. The molecule has 0 radical (unpaired) electrons. The topological polar surface area (TPSA) is 44.0 Å². The number of nitrogens with one attached hydrogen (secondary N) is 2. The van der Waals surface area contributed by atoms with Gasteiger partial charge in [-0.25, -0.2) is 4.98 Å². The van der Waals surface area contributed by atoms with Crippen molar-refractivity contribution in [1.82, 2.24) is 20.2 Å². The number of nitrogens with zero attached hydrogens (tertiary/aromatic N) is 2. The standard InChI is InChI=1S/C13H24N4/c1-13(2,3)17-6-4-11(5-7-17)15-9-12-8-14-10-16-12/h8,10-11,15H,4-7,9H2,1-3H3,(H,14,16). The predicted octanol–water partition coefficient (Wildman–Crippen LogP) is 1.76. The van der Waals surface area contributed by atoms with Gasteiger partial charge in [0.05, 0.1) is 6.33 Å². The number of imidazole rings is 1. The number of likely N-dealkylation sites (tertiary alicyclic amines) is 1. The fourth-order valence-corrected chi connectivity index (χ4v) is 2.39. The van der Waals surface area contributed by atoms with Gasteiger partial charge in [-0.3, -0.25) is 4.90 Å². The van der Waals surface area contributed by atoms with E-state index >= 15 is 0 Å². The molecule has 4 heteroatoms. The lowest BCUT2D eigenvalue weighted by atomic mass is 9.98. The zero-order valence-electron chi connectivity index (χ0n) is 11.2. The smallest absolute Gasteiger partial charge is 0.0922 e. The van der Waals surface area contributed by atoms with Crippen molar-refractivity contribution in [2.75, 3.05) is 13.1 Å². The minimum Gasteiger partial charge on any atom is -0.347 e. The van der Waals surface area contributed by atoms with Gasteiger partial charge in [-0.2, -0.15) is 0 Å². The molecule has 0 amide bonds. The Morgan fingerprint density at radius 3 is 2.65 bits per heavy atom. The molecular formula is C13H24N4. The molecule has 0 spiro atoms. The molecule has 0 saturated carbocycles. The SMILES string of the molecule is CC(C)(C)N1CCC(NCc2cnc[nH]2)CC1. The van der Waals surface area contributed by atoms with Crippen LogP contribution in [0.2, 0.25) is 0 Å². The van der Waals surface area contributed by atoms with Crippen molar-refractivity contribution >= 4 is 0 Å². The second-order valence-corrected chi connectivity index (χ2v) is 5.89. The zero-order chi connectivity index (χ0) is 12.3. The van der Waals surface area contributed by atoms with Crippen LogP contribution < -0.4 is 5.32 Å². The van der Waals surface area contributed by atoms with Crippen LogP contribution in [0.25, 0.3) is 0 Å². The Bertz CT molecular complexity index is 318. The fraction of sp³-hybridized carbons (Fsp3) is 0.769. The summed E-state index contributed by atoms with van der Waals surface area (Å²) >= 11 is 0. The highest BCUT2D eigenvalue weighted by molar-refractivity contribution is 4.94. The van der Waals surface area contributed by atoms with Crippen LogP contribution in [-0.2, 0) is 6.54 Å². The lowest BCUT2D eigenvalue weighted by molar-refractivity contribution is 0.0959. The molecule has 96 valence electrons. The summed E-state index contributed by atoms with van der Waals surface area (Å²) in [5.74, 6) is 0. The summed E-state index contributed by atoms with van der Waals surface area (Å²) in [5.41, 5.74) is 1.48. The second-order valence-electron chi connectivity index (χ2n) is 5.89. The molecule has 0 unspecified atom stereocenters. The fourth-order valence-electron chi connectivity index (χ4n) is 2.39. The predicted molar refractivity (Wildman–Crippen MR) is 69.8 cm³/mol. The molecule has 1 aromatic heterocycles. The van der Waals surface area contributed by atoms with Gasteiger partial charge in [0.1, 0.15) is 0 Å². The van der Waals surface area contributed by atoms with Gasteiger partial charge in [-0.15, -0.1) is 0 Å². The quantitative estimate of drug-likeness (QED) is 0.840. The molecule has 1 aliphatic heterocycles. The molecule has 1 saturated heterocycles. The van der Waals surface area contributed by atoms with Crippen LogP contribution >= 0.6 is 0 Å². The molecule has 1 aromatic rings. The van der Waals surface area contributed by atoms with Gasteiger partial charge >= 0.3 is 0 Å². The summed E-state index contributed by atoms with van der Waals surface area (Å²) in [7, 11) is 0. The third-order valence-electron chi connectivity index (χ3n) is 3.58. The first-order chi connectivity index (χ1) is 8.05. The van der Waals surface area contributed by atoms with E-state index in [0.717, 1.165) is 6.54 Å². The molecule has 2 rings (SSSR count). The van der Waals surface area contributed by atoms with Crippen molar-refractivity contribution in [3.63, 3.8) is 0 Å². The van der Waals surface area contributed by atoms with Crippen LogP contribution in [0.3, 0.4) is 0 Å². The van der Waals surface area contributed by atoms with Gasteiger partial charge in [0, 0.05) is 43.1 Å². The van der Waals surface area contributed by atoms with E-state index in [2.05, 4.69) is 41.0 Å². The van der Waals surface area contributed by atoms with E-state index < -0.39 is 0 Å². The van der Waals surface area contributed by atoms with E-state index in [1.165, 1.54) is 31.6 Å². The van der Waals surface area contributed by atoms with Gasteiger partial charge < -0.3 is 10.3 Å². The van der Waals surface area contributed by atoms with E-state index in [-0.39, 0.29) is 0 Å². The highest BCUT2D eigenvalue weighted by Gasteiger charge is 2.26. The average Bonchev–Trinajstić information content (AvgIpc) is 2.78. The van der Waals surface area contributed by atoms with Crippen molar-refractivity contribution in [3.8, 4) is 0 Å². The maximum Gasteiger partial charge on any atom is 0.0922 e. The number of rotatable bonds is 3. The van der Waals surface area contributed by atoms with Crippen LogP contribution in [0.5, 0.6) is 0 Å². The van der Waals surface area contributed by atoms with Crippen molar-refractivity contribution in [3.05, 3.63) is 18.2 Å². The number of piperidine rings is 1. The monoisotopic (exact) mass is 236 g/mol. The zero-order valence-corrected chi connectivity index (χ0v) is 11.2. The van der Waals surface area contributed by atoms with Crippen molar-refractivity contribution < 1.29 is 0 Å². The first kappa shape index (κ1) is 12.6. The molecular weight excluding hydrogens is 212 g/mol. The largest absolute Gasteiger partial charge is 0.347 e. The van der Waals surface area contributed by atoms with E-state index in [0.29, 0.717) is 11.6 Å². The first-order valence-corrected chi connectivity index (χ1v) is 6.51. The van der Waals surface area contributed by atoms with Crippen LogP contribution in [-0.4, -0.2) is 39.5 Å². The minimum absolute atomic E-state index is 0.314. The number of aromatic amines is 1. The van der Waals surface area contributed by atoms with Crippen molar-refractivity contribution in [1.29, 1.82) is 0 Å². The lowest BCUT2D eigenvalue weighted by Gasteiger charge is -2.41.